The third-order valence-corrected chi connectivity index (χ3v) is 2.57. The SMILES string of the molecule is CCC(=N/I)/C(C)=C/I. The van der Waals surface area contributed by atoms with E-state index in [1.165, 1.54) is 11.3 Å². The van der Waals surface area contributed by atoms with Gasteiger partial charge in [-0.2, -0.15) is 0 Å². The van der Waals surface area contributed by atoms with Gasteiger partial charge in [0.15, 0.2) is 0 Å². The average Bonchev–Trinajstić information content (AvgIpc) is 1.90. The standard InChI is InChI=1S/C6H9I2N/c1-3-6(9-8)5(2)4-7/h4H,3H2,1-2H3/b5-4+,9-6-. The predicted molar refractivity (Wildman–Crippen MR) is 59.5 cm³/mol. The normalized spacial score (nSPS) is 14.2. The van der Waals surface area contributed by atoms with Gasteiger partial charge >= 0.3 is 0 Å². The van der Waals surface area contributed by atoms with Crippen molar-refractivity contribution < 1.29 is 0 Å². The molecule has 0 aliphatic carbocycles. The van der Waals surface area contributed by atoms with E-state index in [1.54, 1.807) is 0 Å². The summed E-state index contributed by atoms with van der Waals surface area (Å²) in [6.07, 6.45) is 1.02. The van der Waals surface area contributed by atoms with Gasteiger partial charge in [-0.15, -0.1) is 0 Å². The van der Waals surface area contributed by atoms with Crippen molar-refractivity contribution in [1.29, 1.82) is 0 Å². The van der Waals surface area contributed by atoms with Crippen LogP contribution in [0.3, 0.4) is 0 Å². The van der Waals surface area contributed by atoms with Crippen molar-refractivity contribution >= 4 is 51.2 Å². The van der Waals surface area contributed by atoms with Gasteiger partial charge in [0.1, 0.15) is 0 Å². The van der Waals surface area contributed by atoms with Gasteiger partial charge in [0.05, 0.1) is 28.6 Å². The van der Waals surface area contributed by atoms with Crippen molar-refractivity contribution in [3.63, 3.8) is 0 Å². The Balaban J connectivity index is 4.14. The minimum Gasteiger partial charge on any atom is -0.219 e. The molecule has 1 nitrogen and oxygen atoms in total. The first-order valence-corrected chi connectivity index (χ1v) is 4.92. The Labute approximate surface area is 83.6 Å². The molecular formula is C6H9I2N. The molecule has 3 heteroatoms. The molecule has 0 aromatic carbocycles. The second-order valence-electron chi connectivity index (χ2n) is 1.68. The molecule has 0 bridgehead atoms. The molecule has 0 rings (SSSR count). The molecule has 0 unspecified atom stereocenters. The first-order chi connectivity index (χ1) is 4.26. The quantitative estimate of drug-likeness (QED) is 0.535. The molecule has 0 spiro atoms. The molecule has 0 aliphatic heterocycles. The number of allylic oxidation sites excluding steroid dienone is 1. The monoisotopic (exact) mass is 349 g/mol. The van der Waals surface area contributed by atoms with E-state index in [1.807, 2.05) is 22.9 Å². The third kappa shape index (κ3) is 3.54. The molecule has 9 heavy (non-hydrogen) atoms. The molecule has 0 N–H and O–H groups in total. The van der Waals surface area contributed by atoms with E-state index in [9.17, 15) is 0 Å². The van der Waals surface area contributed by atoms with Crippen molar-refractivity contribution in [1.82, 2.24) is 0 Å². The highest BCUT2D eigenvalue weighted by Crippen LogP contribution is 2.06. The fraction of sp³-hybridized carbons (Fsp3) is 0.500. The first kappa shape index (κ1) is 9.87. The molecule has 0 radical (unpaired) electrons. The number of nitrogens with zero attached hydrogens (tertiary/aromatic N) is 1. The largest absolute Gasteiger partial charge is 0.219 e. The summed E-state index contributed by atoms with van der Waals surface area (Å²) >= 11 is 4.26. The van der Waals surface area contributed by atoms with Gasteiger partial charge in [0.25, 0.3) is 0 Å². The minimum absolute atomic E-state index is 1.02. The molecule has 0 aliphatic rings. The van der Waals surface area contributed by atoms with Gasteiger partial charge in [-0.25, -0.2) is 3.21 Å². The summed E-state index contributed by atoms with van der Waals surface area (Å²) in [6.45, 7) is 4.19. The van der Waals surface area contributed by atoms with Gasteiger partial charge in [0, 0.05) is 0 Å². The molecule has 52 valence electrons. The Bertz CT molecular complexity index is 138. The topological polar surface area (TPSA) is 12.4 Å². The van der Waals surface area contributed by atoms with E-state index in [4.69, 9.17) is 0 Å². The molecular weight excluding hydrogens is 340 g/mol. The van der Waals surface area contributed by atoms with Crippen LogP contribution in [0.25, 0.3) is 0 Å². The first-order valence-electron chi connectivity index (χ1n) is 2.71. The maximum atomic E-state index is 4.09. The Morgan fingerprint density at radius 3 is 2.33 bits per heavy atom. The van der Waals surface area contributed by atoms with Crippen molar-refractivity contribution in [2.75, 3.05) is 0 Å². The summed E-state index contributed by atoms with van der Waals surface area (Å²) in [6, 6.07) is 0. The highest BCUT2D eigenvalue weighted by molar-refractivity contribution is 14.1. The van der Waals surface area contributed by atoms with Crippen LogP contribution in [0.5, 0.6) is 0 Å². The summed E-state index contributed by atoms with van der Waals surface area (Å²) < 4.78 is 6.15. The number of hydrogen-bond acceptors (Lipinski definition) is 1. The summed E-state index contributed by atoms with van der Waals surface area (Å²) in [5.41, 5.74) is 2.46. The minimum atomic E-state index is 1.02. The lowest BCUT2D eigenvalue weighted by atomic mass is 10.2. The van der Waals surface area contributed by atoms with Crippen LogP contribution in [0.15, 0.2) is 12.9 Å². The molecule has 0 heterocycles. The molecule has 0 fully saturated rings. The van der Waals surface area contributed by atoms with Gasteiger partial charge in [-0.1, -0.05) is 29.5 Å². The van der Waals surface area contributed by atoms with E-state index in [-0.39, 0.29) is 0 Å². The van der Waals surface area contributed by atoms with Crippen molar-refractivity contribution in [3.05, 3.63) is 9.66 Å². The third-order valence-electron chi connectivity index (χ3n) is 1.06. The van der Waals surface area contributed by atoms with Crippen molar-refractivity contribution in [2.45, 2.75) is 20.3 Å². The molecule has 0 amide bonds. The van der Waals surface area contributed by atoms with Crippen LogP contribution in [-0.2, 0) is 0 Å². The van der Waals surface area contributed by atoms with Crippen LogP contribution >= 0.6 is 45.5 Å². The van der Waals surface area contributed by atoms with Crippen LogP contribution in [-0.4, -0.2) is 5.71 Å². The summed E-state index contributed by atoms with van der Waals surface area (Å²) in [5, 5.41) is 0. The Kier molecular flexibility index (Phi) is 6.18. The summed E-state index contributed by atoms with van der Waals surface area (Å²) in [4.78, 5) is 0. The fourth-order valence-corrected chi connectivity index (χ4v) is 1.55. The van der Waals surface area contributed by atoms with Gasteiger partial charge in [-0.05, 0) is 23.0 Å². The number of hydrogen-bond donors (Lipinski definition) is 0. The lowest BCUT2D eigenvalue weighted by Gasteiger charge is -1.97. The molecule has 0 aromatic heterocycles. The second-order valence-corrected chi connectivity index (χ2v) is 2.78. The number of rotatable bonds is 2. The maximum absolute atomic E-state index is 4.09. The fourth-order valence-electron chi connectivity index (χ4n) is 0.468. The highest BCUT2D eigenvalue weighted by atomic mass is 127. The van der Waals surface area contributed by atoms with Crippen LogP contribution in [0.1, 0.15) is 20.3 Å². The smallest absolute Gasteiger partial charge is 0.0834 e. The van der Waals surface area contributed by atoms with Crippen molar-refractivity contribution in [3.8, 4) is 0 Å². The van der Waals surface area contributed by atoms with Crippen LogP contribution in [0.2, 0.25) is 0 Å². The zero-order valence-corrected chi connectivity index (χ0v) is 9.80. The number of halogens is 2. The van der Waals surface area contributed by atoms with Gasteiger partial charge < -0.3 is 0 Å². The zero-order valence-electron chi connectivity index (χ0n) is 5.49. The van der Waals surface area contributed by atoms with Gasteiger partial charge in [0.2, 0.25) is 0 Å². The van der Waals surface area contributed by atoms with E-state index < -0.39 is 0 Å². The second kappa shape index (κ2) is 5.64. The van der Waals surface area contributed by atoms with E-state index in [0.29, 0.717) is 0 Å². The average molecular weight is 349 g/mol. The Hall–Kier alpha value is 0.870. The van der Waals surface area contributed by atoms with E-state index >= 15 is 0 Å². The lowest BCUT2D eigenvalue weighted by molar-refractivity contribution is 1.28. The van der Waals surface area contributed by atoms with Crippen molar-refractivity contribution in [2.24, 2.45) is 3.21 Å². The molecule has 0 aromatic rings. The van der Waals surface area contributed by atoms with E-state index in [2.05, 4.69) is 43.7 Å². The summed E-state index contributed by atoms with van der Waals surface area (Å²) in [5.74, 6) is 0. The Morgan fingerprint density at radius 1 is 1.67 bits per heavy atom. The van der Waals surface area contributed by atoms with Gasteiger partial charge in [-0.3, -0.25) is 0 Å². The van der Waals surface area contributed by atoms with Crippen LogP contribution in [0.4, 0.5) is 0 Å². The van der Waals surface area contributed by atoms with E-state index in [0.717, 1.165) is 6.42 Å². The Morgan fingerprint density at radius 2 is 2.22 bits per heavy atom. The predicted octanol–water partition coefficient (Wildman–Crippen LogP) is 3.53. The zero-order chi connectivity index (χ0) is 7.28. The van der Waals surface area contributed by atoms with Crippen LogP contribution < -0.4 is 0 Å². The van der Waals surface area contributed by atoms with Crippen LogP contribution in [0, 0.1) is 0 Å². The maximum Gasteiger partial charge on any atom is 0.0834 e. The molecule has 0 atom stereocenters. The summed E-state index contributed by atoms with van der Waals surface area (Å²) in [7, 11) is 0. The lowest BCUT2D eigenvalue weighted by Crippen LogP contribution is -1.94. The highest BCUT2D eigenvalue weighted by Gasteiger charge is 1.95. The molecule has 0 saturated heterocycles. The molecule has 0 saturated carbocycles.